The quantitative estimate of drug-likeness (QED) is 0.582. The summed E-state index contributed by atoms with van der Waals surface area (Å²) in [7, 11) is 3.19. The van der Waals surface area contributed by atoms with E-state index in [1.165, 1.54) is 17.4 Å². The molecule has 8 heteroatoms. The van der Waals surface area contributed by atoms with Crippen LogP contribution in [0.3, 0.4) is 0 Å². The Labute approximate surface area is 184 Å². The van der Waals surface area contributed by atoms with E-state index >= 15 is 0 Å². The van der Waals surface area contributed by atoms with Crippen LogP contribution in [0.4, 0.5) is 10.1 Å². The first-order valence-electron chi connectivity index (χ1n) is 10.0. The summed E-state index contributed by atoms with van der Waals surface area (Å²) in [6.45, 7) is 2.36. The van der Waals surface area contributed by atoms with Gasteiger partial charge in [0.05, 0.1) is 32.0 Å². The fourth-order valence-electron chi connectivity index (χ4n) is 3.66. The first-order chi connectivity index (χ1) is 15.1. The molecule has 1 aliphatic heterocycles. The summed E-state index contributed by atoms with van der Waals surface area (Å²) in [4.78, 5) is 21.2. The van der Waals surface area contributed by atoms with Gasteiger partial charge in [0.2, 0.25) is 5.91 Å². The molecule has 0 saturated carbocycles. The van der Waals surface area contributed by atoms with Crippen molar-refractivity contribution in [3.63, 3.8) is 0 Å². The number of halogens is 1. The lowest BCUT2D eigenvalue weighted by Gasteiger charge is -2.36. The molecule has 3 aromatic rings. The van der Waals surface area contributed by atoms with Gasteiger partial charge in [-0.3, -0.25) is 4.79 Å². The van der Waals surface area contributed by atoms with Gasteiger partial charge in [0.25, 0.3) is 0 Å². The zero-order valence-corrected chi connectivity index (χ0v) is 18.3. The number of anilines is 1. The summed E-state index contributed by atoms with van der Waals surface area (Å²) >= 11 is 1.50. The summed E-state index contributed by atoms with van der Waals surface area (Å²) in [6.07, 6.45) is 0.253. The van der Waals surface area contributed by atoms with E-state index < -0.39 is 0 Å². The van der Waals surface area contributed by atoms with Crippen molar-refractivity contribution in [3.05, 3.63) is 59.4 Å². The van der Waals surface area contributed by atoms with Crippen LogP contribution in [0.5, 0.6) is 11.5 Å². The van der Waals surface area contributed by atoms with Crippen LogP contribution < -0.4 is 14.4 Å². The third-order valence-electron chi connectivity index (χ3n) is 5.34. The molecule has 1 fully saturated rings. The number of amides is 1. The van der Waals surface area contributed by atoms with Gasteiger partial charge in [-0.25, -0.2) is 9.37 Å². The number of piperazine rings is 1. The highest BCUT2D eigenvalue weighted by Crippen LogP contribution is 2.33. The maximum atomic E-state index is 14.0. The molecule has 0 atom stereocenters. The summed E-state index contributed by atoms with van der Waals surface area (Å²) < 4.78 is 24.6. The minimum atomic E-state index is -0.229. The molecule has 0 bridgehead atoms. The molecular formula is C23H24FN3O3S. The van der Waals surface area contributed by atoms with E-state index in [1.54, 1.807) is 26.4 Å². The number of hydrogen-bond donors (Lipinski definition) is 0. The van der Waals surface area contributed by atoms with Crippen molar-refractivity contribution in [2.24, 2.45) is 0 Å². The summed E-state index contributed by atoms with van der Waals surface area (Å²) in [6, 6.07) is 12.4. The van der Waals surface area contributed by atoms with Gasteiger partial charge in [0, 0.05) is 37.1 Å². The van der Waals surface area contributed by atoms with Crippen molar-refractivity contribution < 1.29 is 18.7 Å². The first kappa shape index (κ1) is 21.1. The van der Waals surface area contributed by atoms with Gasteiger partial charge in [-0.1, -0.05) is 12.1 Å². The Bertz CT molecular complexity index is 1060. The molecule has 2 aromatic carbocycles. The molecule has 0 unspecified atom stereocenters. The van der Waals surface area contributed by atoms with Crippen LogP contribution in [0.15, 0.2) is 47.8 Å². The number of ether oxygens (including phenoxy) is 2. The van der Waals surface area contributed by atoms with E-state index in [4.69, 9.17) is 9.47 Å². The zero-order chi connectivity index (χ0) is 21.8. The maximum absolute atomic E-state index is 14.0. The maximum Gasteiger partial charge on any atom is 0.228 e. The Hall–Kier alpha value is -3.13. The summed E-state index contributed by atoms with van der Waals surface area (Å²) in [5, 5.41) is 2.74. The Balaban J connectivity index is 1.37. The van der Waals surface area contributed by atoms with E-state index in [1.807, 2.05) is 39.4 Å². The molecule has 162 valence electrons. The smallest absolute Gasteiger partial charge is 0.228 e. The normalized spacial score (nSPS) is 13.9. The van der Waals surface area contributed by atoms with E-state index in [0.717, 1.165) is 16.3 Å². The number of rotatable bonds is 6. The Kier molecular flexibility index (Phi) is 6.36. The number of para-hydroxylation sites is 1. The second kappa shape index (κ2) is 9.34. The molecule has 0 spiro atoms. The van der Waals surface area contributed by atoms with Crippen molar-refractivity contribution in [2.45, 2.75) is 6.42 Å². The second-order valence-corrected chi connectivity index (χ2v) is 8.07. The predicted octanol–water partition coefficient (Wildman–Crippen LogP) is 3.86. The highest BCUT2D eigenvalue weighted by Gasteiger charge is 2.23. The lowest BCUT2D eigenvalue weighted by Crippen LogP contribution is -2.49. The highest BCUT2D eigenvalue weighted by atomic mass is 32.1. The predicted molar refractivity (Wildman–Crippen MR) is 120 cm³/mol. The SMILES string of the molecule is COc1ccc(-c2nc(CC(=O)N3CCN(c4ccccc4F)CC3)cs2)cc1OC. The van der Waals surface area contributed by atoms with Crippen molar-refractivity contribution in [3.8, 4) is 22.1 Å². The molecule has 0 N–H and O–H groups in total. The third-order valence-corrected chi connectivity index (χ3v) is 6.28. The molecule has 1 aromatic heterocycles. The standard InChI is InChI=1S/C23H24FN3O3S/c1-29-20-8-7-16(13-21(20)30-2)23-25-17(15-31-23)14-22(28)27-11-9-26(10-12-27)19-6-4-3-5-18(19)24/h3-8,13,15H,9-12,14H2,1-2H3. The van der Waals surface area contributed by atoms with E-state index in [2.05, 4.69) is 4.98 Å². The second-order valence-electron chi connectivity index (χ2n) is 7.21. The van der Waals surface area contributed by atoms with Gasteiger partial charge in [0.1, 0.15) is 10.8 Å². The summed E-state index contributed by atoms with van der Waals surface area (Å²) in [5.74, 6) is 1.11. The molecular weight excluding hydrogens is 417 g/mol. The minimum Gasteiger partial charge on any atom is -0.493 e. The number of hydrogen-bond acceptors (Lipinski definition) is 6. The lowest BCUT2D eigenvalue weighted by molar-refractivity contribution is -0.130. The lowest BCUT2D eigenvalue weighted by atomic mass is 10.2. The number of thiazole rings is 1. The van der Waals surface area contributed by atoms with Crippen molar-refractivity contribution in [1.29, 1.82) is 0 Å². The number of aromatic nitrogens is 1. The number of carbonyl (C=O) groups excluding carboxylic acids is 1. The molecule has 2 heterocycles. The average Bonchev–Trinajstić information content (AvgIpc) is 3.27. The molecule has 1 saturated heterocycles. The van der Waals surface area contributed by atoms with Crippen LogP contribution in [0, 0.1) is 5.82 Å². The van der Waals surface area contributed by atoms with Crippen LogP contribution in [-0.2, 0) is 11.2 Å². The van der Waals surface area contributed by atoms with Gasteiger partial charge in [-0.05, 0) is 30.3 Å². The topological polar surface area (TPSA) is 54.9 Å². The van der Waals surface area contributed by atoms with Gasteiger partial charge in [-0.15, -0.1) is 11.3 Å². The number of methoxy groups -OCH3 is 2. The van der Waals surface area contributed by atoms with Crippen molar-refractivity contribution in [2.75, 3.05) is 45.3 Å². The van der Waals surface area contributed by atoms with Crippen molar-refractivity contribution in [1.82, 2.24) is 9.88 Å². The van der Waals surface area contributed by atoms with Crippen LogP contribution in [0.2, 0.25) is 0 Å². The van der Waals surface area contributed by atoms with Crippen LogP contribution in [-0.4, -0.2) is 56.2 Å². The Morgan fingerprint density at radius 3 is 2.52 bits per heavy atom. The monoisotopic (exact) mass is 441 g/mol. The molecule has 31 heavy (non-hydrogen) atoms. The molecule has 6 nitrogen and oxygen atoms in total. The fraction of sp³-hybridized carbons (Fsp3) is 0.304. The van der Waals surface area contributed by atoms with Gasteiger partial charge >= 0.3 is 0 Å². The third kappa shape index (κ3) is 4.64. The molecule has 4 rings (SSSR count). The first-order valence-corrected chi connectivity index (χ1v) is 10.9. The van der Waals surface area contributed by atoms with Crippen LogP contribution >= 0.6 is 11.3 Å². The average molecular weight is 442 g/mol. The molecule has 1 amide bonds. The Morgan fingerprint density at radius 1 is 1.06 bits per heavy atom. The molecule has 1 aliphatic rings. The van der Waals surface area contributed by atoms with E-state index in [-0.39, 0.29) is 18.1 Å². The minimum absolute atomic E-state index is 0.0392. The van der Waals surface area contributed by atoms with E-state index in [0.29, 0.717) is 43.4 Å². The number of benzene rings is 2. The van der Waals surface area contributed by atoms with Gasteiger partial charge < -0.3 is 19.3 Å². The highest BCUT2D eigenvalue weighted by molar-refractivity contribution is 7.13. The van der Waals surface area contributed by atoms with E-state index in [9.17, 15) is 9.18 Å². The molecule has 0 aliphatic carbocycles. The van der Waals surface area contributed by atoms with Crippen molar-refractivity contribution >= 4 is 22.9 Å². The fourth-order valence-corrected chi connectivity index (χ4v) is 4.48. The van der Waals surface area contributed by atoms with Gasteiger partial charge in [-0.2, -0.15) is 0 Å². The molecule has 0 radical (unpaired) electrons. The Morgan fingerprint density at radius 2 is 1.81 bits per heavy atom. The summed E-state index contributed by atoms with van der Waals surface area (Å²) in [5.41, 5.74) is 2.25. The van der Waals surface area contributed by atoms with Crippen LogP contribution in [0.25, 0.3) is 10.6 Å². The van der Waals surface area contributed by atoms with Gasteiger partial charge in [0.15, 0.2) is 11.5 Å². The zero-order valence-electron chi connectivity index (χ0n) is 17.5. The largest absolute Gasteiger partial charge is 0.493 e. The number of carbonyl (C=O) groups is 1. The van der Waals surface area contributed by atoms with Crippen LogP contribution in [0.1, 0.15) is 5.69 Å². The number of nitrogens with zero attached hydrogens (tertiary/aromatic N) is 3.